The van der Waals surface area contributed by atoms with Gasteiger partial charge >= 0.3 is 0 Å². The van der Waals surface area contributed by atoms with Crippen LogP contribution in [0.25, 0.3) is 0 Å². The number of aromatic hydroxyl groups is 1. The minimum absolute atomic E-state index is 0.0319. The summed E-state index contributed by atoms with van der Waals surface area (Å²) in [5.74, 6) is -0.202. The summed E-state index contributed by atoms with van der Waals surface area (Å²) in [4.78, 5) is 13.6. The maximum absolute atomic E-state index is 13.6. The summed E-state index contributed by atoms with van der Waals surface area (Å²) in [5, 5.41) is 20.1. The molecular formula is C16H20FNO3. The van der Waals surface area contributed by atoms with Gasteiger partial charge in [-0.1, -0.05) is 0 Å². The fraction of sp³-hybridized carbons (Fsp3) is 0.562. The molecule has 0 bridgehead atoms. The van der Waals surface area contributed by atoms with E-state index in [1.54, 1.807) is 0 Å². The zero-order valence-electron chi connectivity index (χ0n) is 12.1. The SMILES string of the molecule is CC(=O)c1cc(F)cc(CN2CC3CCC(O)C3C2)c1O. The topological polar surface area (TPSA) is 60.8 Å². The van der Waals surface area contributed by atoms with Crippen molar-refractivity contribution in [3.8, 4) is 5.75 Å². The first-order valence-electron chi connectivity index (χ1n) is 7.38. The highest BCUT2D eigenvalue weighted by Gasteiger charge is 2.41. The van der Waals surface area contributed by atoms with Crippen LogP contribution in [0, 0.1) is 17.7 Å². The Morgan fingerprint density at radius 2 is 2.14 bits per heavy atom. The largest absolute Gasteiger partial charge is 0.507 e. The number of aliphatic hydroxyl groups is 1. The van der Waals surface area contributed by atoms with Gasteiger partial charge in [0.2, 0.25) is 0 Å². The number of phenolic OH excluding ortho intramolecular Hbond substituents is 1. The Kier molecular flexibility index (Phi) is 3.71. The molecule has 1 saturated carbocycles. The summed E-state index contributed by atoms with van der Waals surface area (Å²) in [5.41, 5.74) is 0.471. The number of halogens is 1. The van der Waals surface area contributed by atoms with E-state index in [4.69, 9.17) is 0 Å². The number of nitrogens with zero attached hydrogens (tertiary/aromatic N) is 1. The molecule has 3 rings (SSSR count). The van der Waals surface area contributed by atoms with Gasteiger partial charge in [0.1, 0.15) is 11.6 Å². The van der Waals surface area contributed by atoms with Crippen LogP contribution in [0.1, 0.15) is 35.7 Å². The van der Waals surface area contributed by atoms with Crippen molar-refractivity contribution in [3.63, 3.8) is 0 Å². The normalized spacial score (nSPS) is 28.8. The summed E-state index contributed by atoms with van der Waals surface area (Å²) in [6.45, 7) is 3.34. The van der Waals surface area contributed by atoms with Gasteiger partial charge in [0.05, 0.1) is 11.7 Å². The second kappa shape index (κ2) is 5.39. The molecule has 2 aliphatic rings. The van der Waals surface area contributed by atoms with Gasteiger partial charge in [0.15, 0.2) is 5.78 Å². The van der Waals surface area contributed by atoms with E-state index in [0.717, 1.165) is 32.0 Å². The molecule has 0 amide bonds. The van der Waals surface area contributed by atoms with Crippen molar-refractivity contribution in [2.24, 2.45) is 11.8 Å². The minimum atomic E-state index is -0.507. The van der Waals surface area contributed by atoms with Crippen molar-refractivity contribution in [2.75, 3.05) is 13.1 Å². The van der Waals surface area contributed by atoms with Crippen LogP contribution in [-0.2, 0) is 6.54 Å². The number of hydrogen-bond acceptors (Lipinski definition) is 4. The number of rotatable bonds is 3. The maximum atomic E-state index is 13.6. The molecular weight excluding hydrogens is 273 g/mol. The zero-order valence-corrected chi connectivity index (χ0v) is 12.1. The van der Waals surface area contributed by atoms with Crippen LogP contribution in [-0.4, -0.2) is 40.1 Å². The Balaban J connectivity index is 1.78. The highest BCUT2D eigenvalue weighted by atomic mass is 19.1. The van der Waals surface area contributed by atoms with E-state index in [1.807, 2.05) is 0 Å². The van der Waals surface area contributed by atoms with Crippen molar-refractivity contribution < 1.29 is 19.4 Å². The van der Waals surface area contributed by atoms with Gasteiger partial charge in [0, 0.05) is 31.1 Å². The van der Waals surface area contributed by atoms with Crippen molar-refractivity contribution >= 4 is 5.78 Å². The molecule has 3 unspecified atom stereocenters. The number of Topliss-reactive ketones (excluding diaryl/α,β-unsaturated/α-hetero) is 1. The molecule has 1 aliphatic heterocycles. The molecule has 2 N–H and O–H groups in total. The Labute approximate surface area is 123 Å². The first-order valence-corrected chi connectivity index (χ1v) is 7.38. The summed E-state index contributed by atoms with van der Waals surface area (Å²) in [7, 11) is 0. The molecule has 4 nitrogen and oxygen atoms in total. The summed E-state index contributed by atoms with van der Waals surface area (Å²) < 4.78 is 13.6. The first-order chi connectivity index (χ1) is 9.95. The summed E-state index contributed by atoms with van der Waals surface area (Å²) in [6.07, 6.45) is 1.65. The molecule has 114 valence electrons. The molecule has 2 fully saturated rings. The van der Waals surface area contributed by atoms with Crippen molar-refractivity contribution in [1.29, 1.82) is 0 Å². The van der Waals surface area contributed by atoms with E-state index >= 15 is 0 Å². The second-order valence-electron chi connectivity index (χ2n) is 6.28. The summed E-state index contributed by atoms with van der Waals surface area (Å²) >= 11 is 0. The van der Waals surface area contributed by atoms with Crippen LogP contribution in [0.3, 0.4) is 0 Å². The van der Waals surface area contributed by atoms with Crippen LogP contribution >= 0.6 is 0 Å². The molecule has 1 aromatic rings. The van der Waals surface area contributed by atoms with Crippen molar-refractivity contribution in [1.82, 2.24) is 4.90 Å². The minimum Gasteiger partial charge on any atom is -0.507 e. The molecule has 1 heterocycles. The smallest absolute Gasteiger partial charge is 0.163 e. The molecule has 1 aliphatic carbocycles. The second-order valence-corrected chi connectivity index (χ2v) is 6.28. The third-order valence-electron chi connectivity index (χ3n) is 4.82. The number of hydrogen-bond donors (Lipinski definition) is 2. The monoisotopic (exact) mass is 293 g/mol. The van der Waals surface area contributed by atoms with Crippen molar-refractivity contribution in [2.45, 2.75) is 32.4 Å². The van der Waals surface area contributed by atoms with E-state index in [9.17, 15) is 19.4 Å². The standard InChI is InChI=1S/C16H20FNO3/c1-9(19)13-5-12(17)4-11(16(13)21)7-18-6-10-2-3-15(20)14(10)8-18/h4-5,10,14-15,20-21H,2-3,6-8H2,1H3. The van der Waals surface area contributed by atoms with E-state index in [-0.39, 0.29) is 29.1 Å². The zero-order chi connectivity index (χ0) is 15.1. The number of carbonyl (C=O) groups excluding carboxylic acids is 1. The van der Waals surface area contributed by atoms with Gasteiger partial charge in [-0.05, 0) is 37.8 Å². The highest BCUT2D eigenvalue weighted by Crippen LogP contribution is 2.39. The number of phenols is 1. The predicted molar refractivity (Wildman–Crippen MR) is 75.6 cm³/mol. The van der Waals surface area contributed by atoms with Gasteiger partial charge in [-0.3, -0.25) is 9.69 Å². The quantitative estimate of drug-likeness (QED) is 0.836. The highest BCUT2D eigenvalue weighted by molar-refractivity contribution is 5.97. The van der Waals surface area contributed by atoms with Crippen LogP contribution < -0.4 is 0 Å². The number of aliphatic hydroxyl groups excluding tert-OH is 1. The molecule has 3 atom stereocenters. The molecule has 5 heteroatoms. The molecule has 0 radical (unpaired) electrons. The van der Waals surface area contributed by atoms with Gasteiger partial charge in [0.25, 0.3) is 0 Å². The lowest BCUT2D eigenvalue weighted by Crippen LogP contribution is -2.24. The lowest BCUT2D eigenvalue weighted by atomic mass is 10.00. The average Bonchev–Trinajstić information content (AvgIpc) is 2.95. The number of likely N-dealkylation sites (tertiary alicyclic amines) is 1. The average molecular weight is 293 g/mol. The fourth-order valence-electron chi connectivity index (χ4n) is 3.74. The molecule has 0 spiro atoms. The number of ketones is 1. The van der Waals surface area contributed by atoms with Crippen molar-refractivity contribution in [3.05, 3.63) is 29.1 Å². The first kappa shape index (κ1) is 14.5. The molecule has 1 aromatic carbocycles. The number of carbonyl (C=O) groups is 1. The molecule has 1 saturated heterocycles. The third kappa shape index (κ3) is 2.68. The maximum Gasteiger partial charge on any atom is 0.163 e. The Hall–Kier alpha value is -1.46. The molecule has 0 aromatic heterocycles. The van der Waals surface area contributed by atoms with Crippen LogP contribution in [0.4, 0.5) is 4.39 Å². The van der Waals surface area contributed by atoms with Crippen LogP contribution in [0.15, 0.2) is 12.1 Å². The lowest BCUT2D eigenvalue weighted by Gasteiger charge is -2.19. The van der Waals surface area contributed by atoms with Gasteiger partial charge in [-0.15, -0.1) is 0 Å². The Bertz CT molecular complexity index is 575. The Morgan fingerprint density at radius 1 is 1.38 bits per heavy atom. The van der Waals surface area contributed by atoms with Gasteiger partial charge < -0.3 is 10.2 Å². The van der Waals surface area contributed by atoms with E-state index in [0.29, 0.717) is 18.0 Å². The fourth-order valence-corrected chi connectivity index (χ4v) is 3.74. The summed E-state index contributed by atoms with van der Waals surface area (Å²) in [6, 6.07) is 2.36. The van der Waals surface area contributed by atoms with Gasteiger partial charge in [-0.2, -0.15) is 0 Å². The number of fused-ring (bicyclic) bond motifs is 1. The van der Waals surface area contributed by atoms with Crippen LogP contribution in [0.2, 0.25) is 0 Å². The Morgan fingerprint density at radius 3 is 2.81 bits per heavy atom. The molecule has 21 heavy (non-hydrogen) atoms. The number of benzene rings is 1. The van der Waals surface area contributed by atoms with E-state index in [2.05, 4.69) is 4.90 Å². The van der Waals surface area contributed by atoms with E-state index in [1.165, 1.54) is 13.0 Å². The van der Waals surface area contributed by atoms with Crippen LogP contribution in [0.5, 0.6) is 5.75 Å². The van der Waals surface area contributed by atoms with Gasteiger partial charge in [-0.25, -0.2) is 4.39 Å². The van der Waals surface area contributed by atoms with E-state index < -0.39 is 5.82 Å². The predicted octanol–water partition coefficient (Wildman–Crippen LogP) is 1.94. The lowest BCUT2D eigenvalue weighted by molar-refractivity contribution is 0.101. The third-order valence-corrected chi connectivity index (χ3v) is 4.82.